The quantitative estimate of drug-likeness (QED) is 0.460. The predicted molar refractivity (Wildman–Crippen MR) is 77.2 cm³/mol. The maximum absolute atomic E-state index is 11.9. The molecular formula is C13H18INO2. The number of carbonyl (C=O) groups excluding carboxylic acids is 1. The molecule has 94 valence electrons. The first-order valence-corrected chi connectivity index (χ1v) is 6.70. The van der Waals surface area contributed by atoms with Crippen molar-refractivity contribution in [1.29, 1.82) is 0 Å². The first kappa shape index (κ1) is 14.3. The Kier molecular flexibility index (Phi) is 4.80. The van der Waals surface area contributed by atoms with E-state index in [2.05, 4.69) is 22.6 Å². The number of rotatable bonds is 2. The molecule has 3 nitrogen and oxygen atoms in total. The van der Waals surface area contributed by atoms with Crippen molar-refractivity contribution in [1.82, 2.24) is 4.90 Å². The lowest BCUT2D eigenvalue weighted by Gasteiger charge is -2.28. The van der Waals surface area contributed by atoms with Crippen molar-refractivity contribution in [2.75, 3.05) is 7.05 Å². The summed E-state index contributed by atoms with van der Waals surface area (Å²) < 4.78 is 5.30. The summed E-state index contributed by atoms with van der Waals surface area (Å²) in [5.41, 5.74) is 0.625. The molecule has 0 spiro atoms. The maximum atomic E-state index is 11.9. The molecule has 0 unspecified atom stereocenters. The highest BCUT2D eigenvalue weighted by atomic mass is 127. The molecule has 0 aromatic heterocycles. The summed E-state index contributed by atoms with van der Waals surface area (Å²) >= 11 is 2.23. The summed E-state index contributed by atoms with van der Waals surface area (Å²) in [4.78, 5) is 13.5. The van der Waals surface area contributed by atoms with E-state index in [0.29, 0.717) is 0 Å². The van der Waals surface area contributed by atoms with E-state index in [1.165, 1.54) is 0 Å². The third kappa shape index (κ3) is 4.53. The number of halogens is 1. The second kappa shape index (κ2) is 5.71. The molecule has 0 bridgehead atoms. The van der Waals surface area contributed by atoms with Crippen LogP contribution in [-0.2, 0) is 4.74 Å². The van der Waals surface area contributed by atoms with Crippen LogP contribution in [0.15, 0.2) is 30.3 Å². The molecule has 1 amide bonds. The first-order chi connectivity index (χ1) is 7.81. The Morgan fingerprint density at radius 3 is 2.29 bits per heavy atom. The number of carbonyl (C=O) groups is 1. The number of ether oxygens (including phenoxy) is 1. The smallest absolute Gasteiger partial charge is 0.411 e. The van der Waals surface area contributed by atoms with Gasteiger partial charge in [0.2, 0.25) is 0 Å². The highest BCUT2D eigenvalue weighted by Crippen LogP contribution is 2.27. The van der Waals surface area contributed by atoms with Crippen molar-refractivity contribution < 1.29 is 9.53 Å². The third-order valence-electron chi connectivity index (χ3n) is 2.10. The molecule has 1 rings (SSSR count). The normalized spacial score (nSPS) is 13.0. The molecule has 0 aliphatic heterocycles. The second-order valence-electron chi connectivity index (χ2n) is 4.84. The van der Waals surface area contributed by atoms with E-state index in [-0.39, 0.29) is 10.1 Å². The van der Waals surface area contributed by atoms with Crippen LogP contribution in [0.4, 0.5) is 4.79 Å². The van der Waals surface area contributed by atoms with Gasteiger partial charge < -0.3 is 4.74 Å². The maximum Gasteiger partial charge on any atom is 0.411 e. The monoisotopic (exact) mass is 347 g/mol. The molecular weight excluding hydrogens is 329 g/mol. The van der Waals surface area contributed by atoms with Crippen LogP contribution in [-0.4, -0.2) is 23.6 Å². The van der Waals surface area contributed by atoms with Gasteiger partial charge in [0.25, 0.3) is 0 Å². The van der Waals surface area contributed by atoms with E-state index in [1.54, 1.807) is 11.9 Å². The van der Waals surface area contributed by atoms with Crippen LogP contribution in [0.3, 0.4) is 0 Å². The highest BCUT2D eigenvalue weighted by Gasteiger charge is 2.24. The van der Waals surface area contributed by atoms with E-state index >= 15 is 0 Å². The number of benzene rings is 1. The zero-order valence-electron chi connectivity index (χ0n) is 10.6. The number of alkyl halides is 1. The zero-order chi connectivity index (χ0) is 13.1. The van der Waals surface area contributed by atoms with Gasteiger partial charge in [-0.3, -0.25) is 4.90 Å². The van der Waals surface area contributed by atoms with Gasteiger partial charge in [-0.2, -0.15) is 0 Å². The zero-order valence-corrected chi connectivity index (χ0v) is 12.8. The van der Waals surface area contributed by atoms with E-state index in [9.17, 15) is 4.79 Å². The molecule has 0 radical (unpaired) electrons. The average molecular weight is 347 g/mol. The molecule has 1 atom stereocenters. The van der Waals surface area contributed by atoms with Gasteiger partial charge in [-0.1, -0.05) is 52.9 Å². The first-order valence-electron chi connectivity index (χ1n) is 5.46. The molecule has 0 N–H and O–H groups in total. The van der Waals surface area contributed by atoms with Crippen LogP contribution in [0.5, 0.6) is 0 Å². The van der Waals surface area contributed by atoms with Gasteiger partial charge in [-0.05, 0) is 26.3 Å². The number of hydrogen-bond donors (Lipinski definition) is 0. The van der Waals surface area contributed by atoms with E-state index in [1.807, 2.05) is 51.1 Å². The summed E-state index contributed by atoms with van der Waals surface area (Å²) in [6, 6.07) is 9.88. The van der Waals surface area contributed by atoms with Gasteiger partial charge in [0.15, 0.2) is 0 Å². The van der Waals surface area contributed by atoms with Crippen LogP contribution in [0.2, 0.25) is 0 Å². The van der Waals surface area contributed by atoms with Gasteiger partial charge in [-0.15, -0.1) is 0 Å². The summed E-state index contributed by atoms with van der Waals surface area (Å²) in [7, 11) is 1.75. The molecule has 1 aromatic rings. The minimum Gasteiger partial charge on any atom is -0.444 e. The van der Waals surface area contributed by atoms with Gasteiger partial charge in [-0.25, -0.2) is 4.79 Å². The van der Waals surface area contributed by atoms with E-state index < -0.39 is 5.60 Å². The van der Waals surface area contributed by atoms with Gasteiger partial charge in [0.05, 0.1) is 0 Å². The van der Waals surface area contributed by atoms with Crippen molar-refractivity contribution in [2.45, 2.75) is 30.4 Å². The summed E-state index contributed by atoms with van der Waals surface area (Å²) in [6.45, 7) is 5.59. The third-order valence-corrected chi connectivity index (χ3v) is 3.65. The van der Waals surface area contributed by atoms with Gasteiger partial charge >= 0.3 is 6.09 Å². The van der Waals surface area contributed by atoms with Crippen LogP contribution in [0.1, 0.15) is 30.4 Å². The van der Waals surface area contributed by atoms with E-state index in [0.717, 1.165) is 5.56 Å². The Morgan fingerprint density at radius 2 is 1.82 bits per heavy atom. The second-order valence-corrected chi connectivity index (χ2v) is 6.02. The van der Waals surface area contributed by atoms with Crippen LogP contribution in [0, 0.1) is 0 Å². The fourth-order valence-electron chi connectivity index (χ4n) is 1.26. The van der Waals surface area contributed by atoms with Crippen molar-refractivity contribution >= 4 is 28.7 Å². The molecule has 0 fully saturated rings. The van der Waals surface area contributed by atoms with E-state index in [4.69, 9.17) is 4.74 Å². The van der Waals surface area contributed by atoms with Crippen molar-refractivity contribution in [2.24, 2.45) is 0 Å². The number of amides is 1. The lowest BCUT2D eigenvalue weighted by Crippen LogP contribution is -2.34. The molecule has 1 aromatic carbocycles. The summed E-state index contributed by atoms with van der Waals surface area (Å²) in [5.74, 6) is 0. The Hall–Kier alpha value is -0.780. The topological polar surface area (TPSA) is 29.5 Å². The fourth-order valence-corrected chi connectivity index (χ4v) is 1.90. The largest absolute Gasteiger partial charge is 0.444 e. The SMILES string of the molecule is CN(C(=O)OC(C)(C)C)[C@H](I)c1ccccc1. The van der Waals surface area contributed by atoms with Crippen molar-refractivity contribution in [3.63, 3.8) is 0 Å². The molecule has 17 heavy (non-hydrogen) atoms. The highest BCUT2D eigenvalue weighted by molar-refractivity contribution is 14.1. The fraction of sp³-hybridized carbons (Fsp3) is 0.462. The van der Waals surface area contributed by atoms with Gasteiger partial charge in [0, 0.05) is 7.05 Å². The molecule has 0 saturated carbocycles. The van der Waals surface area contributed by atoms with Crippen molar-refractivity contribution in [3.8, 4) is 0 Å². The van der Waals surface area contributed by atoms with Crippen LogP contribution < -0.4 is 0 Å². The summed E-state index contributed by atoms with van der Waals surface area (Å²) in [6.07, 6.45) is -0.305. The summed E-state index contributed by atoms with van der Waals surface area (Å²) in [5, 5.41) is 0. The predicted octanol–water partition coefficient (Wildman–Crippen LogP) is 3.99. The average Bonchev–Trinajstić information content (AvgIpc) is 2.26. The number of nitrogens with zero attached hydrogens (tertiary/aromatic N) is 1. The lowest BCUT2D eigenvalue weighted by molar-refractivity contribution is 0.0288. The van der Waals surface area contributed by atoms with Crippen LogP contribution in [0.25, 0.3) is 0 Å². The Balaban J connectivity index is 2.70. The minimum absolute atomic E-state index is 0.0244. The Morgan fingerprint density at radius 1 is 1.29 bits per heavy atom. The molecule has 0 aliphatic rings. The number of hydrogen-bond acceptors (Lipinski definition) is 2. The van der Waals surface area contributed by atoms with Gasteiger partial charge in [0.1, 0.15) is 9.65 Å². The minimum atomic E-state index is -0.460. The lowest BCUT2D eigenvalue weighted by atomic mass is 10.2. The standard InChI is InChI=1S/C13H18INO2/c1-13(2,3)17-12(16)15(4)11(14)10-8-6-5-7-9-10/h5-9,11H,1-4H3/t11-/m0/s1. The van der Waals surface area contributed by atoms with Crippen LogP contribution >= 0.6 is 22.6 Å². The van der Waals surface area contributed by atoms with Crippen molar-refractivity contribution in [3.05, 3.63) is 35.9 Å². The Bertz CT molecular complexity index is 373. The molecule has 4 heteroatoms. The Labute approximate surface area is 116 Å². The molecule has 0 saturated heterocycles. The molecule has 0 heterocycles. The molecule has 0 aliphatic carbocycles.